The Kier molecular flexibility index (Phi) is 2.99. The average Bonchev–Trinajstić information content (AvgIpc) is 2.17. The summed E-state index contributed by atoms with van der Waals surface area (Å²) in [6.45, 7) is 0. The van der Waals surface area contributed by atoms with Crippen LogP contribution >= 0.6 is 15.9 Å². The second-order valence-electron chi connectivity index (χ2n) is 2.43. The van der Waals surface area contributed by atoms with Gasteiger partial charge in [-0.25, -0.2) is 4.79 Å². The van der Waals surface area contributed by atoms with Crippen molar-refractivity contribution in [2.75, 3.05) is 0 Å². The Hall–Kier alpha value is -1.67. The van der Waals surface area contributed by atoms with Gasteiger partial charge in [-0.15, -0.1) is 0 Å². The van der Waals surface area contributed by atoms with Crippen molar-refractivity contribution < 1.29 is 14.7 Å². The van der Waals surface area contributed by atoms with Crippen molar-refractivity contribution in [3.8, 4) is 6.07 Å². The number of carboxylic acids is 1. The molecule has 0 saturated carbocycles. The van der Waals surface area contributed by atoms with Crippen LogP contribution in [0.1, 0.15) is 26.3 Å². The quantitative estimate of drug-likeness (QED) is 0.816. The van der Waals surface area contributed by atoms with Crippen molar-refractivity contribution in [2.24, 2.45) is 0 Å². The third-order valence-electron chi connectivity index (χ3n) is 1.64. The average molecular weight is 254 g/mol. The van der Waals surface area contributed by atoms with Crippen LogP contribution < -0.4 is 0 Å². The maximum absolute atomic E-state index is 10.7. The van der Waals surface area contributed by atoms with Gasteiger partial charge in [-0.3, -0.25) is 4.79 Å². The first-order valence-electron chi connectivity index (χ1n) is 3.53. The highest BCUT2D eigenvalue weighted by molar-refractivity contribution is 9.10. The molecule has 0 bridgehead atoms. The summed E-state index contributed by atoms with van der Waals surface area (Å²) in [7, 11) is 0. The minimum absolute atomic E-state index is 0.0397. The lowest BCUT2D eigenvalue weighted by Gasteiger charge is -2.02. The number of carbonyl (C=O) groups is 2. The van der Waals surface area contributed by atoms with E-state index in [0.717, 1.165) is 0 Å². The van der Waals surface area contributed by atoms with Gasteiger partial charge < -0.3 is 5.11 Å². The van der Waals surface area contributed by atoms with Crippen molar-refractivity contribution in [1.82, 2.24) is 0 Å². The Morgan fingerprint density at radius 1 is 1.57 bits per heavy atom. The molecular formula is C9H4BrNO3. The zero-order valence-corrected chi connectivity index (χ0v) is 8.41. The molecule has 4 nitrogen and oxygen atoms in total. The van der Waals surface area contributed by atoms with Crippen LogP contribution in [0, 0.1) is 11.3 Å². The van der Waals surface area contributed by atoms with E-state index in [0.29, 0.717) is 6.29 Å². The summed E-state index contributed by atoms with van der Waals surface area (Å²) in [5, 5.41) is 17.4. The number of carboxylic acid groups (broad SMARTS) is 1. The molecule has 1 N–H and O–H groups in total. The third-order valence-corrected chi connectivity index (χ3v) is 2.50. The molecule has 0 aliphatic rings. The van der Waals surface area contributed by atoms with E-state index in [1.165, 1.54) is 12.1 Å². The first-order valence-corrected chi connectivity index (χ1v) is 4.32. The zero-order valence-electron chi connectivity index (χ0n) is 6.82. The van der Waals surface area contributed by atoms with Gasteiger partial charge in [0.1, 0.15) is 6.07 Å². The van der Waals surface area contributed by atoms with E-state index < -0.39 is 5.97 Å². The van der Waals surface area contributed by atoms with Gasteiger partial charge in [0.2, 0.25) is 0 Å². The van der Waals surface area contributed by atoms with E-state index in [2.05, 4.69) is 15.9 Å². The molecule has 0 aliphatic carbocycles. The minimum Gasteiger partial charge on any atom is -0.478 e. The van der Waals surface area contributed by atoms with Gasteiger partial charge in [0.15, 0.2) is 6.29 Å². The Bertz CT molecular complexity index is 448. The SMILES string of the molecule is N#Cc1c(C(=O)O)ccc(C=O)c1Br. The first-order chi connectivity index (χ1) is 6.61. The largest absolute Gasteiger partial charge is 0.478 e. The molecule has 0 aliphatic heterocycles. The highest BCUT2D eigenvalue weighted by atomic mass is 79.9. The van der Waals surface area contributed by atoms with Crippen molar-refractivity contribution >= 4 is 28.2 Å². The maximum Gasteiger partial charge on any atom is 0.337 e. The Morgan fingerprint density at radius 2 is 2.21 bits per heavy atom. The van der Waals surface area contributed by atoms with Gasteiger partial charge in [0.25, 0.3) is 0 Å². The van der Waals surface area contributed by atoms with Crippen molar-refractivity contribution in [3.63, 3.8) is 0 Å². The lowest BCUT2D eigenvalue weighted by atomic mass is 10.1. The van der Waals surface area contributed by atoms with E-state index in [-0.39, 0.29) is 21.2 Å². The highest BCUT2D eigenvalue weighted by Gasteiger charge is 2.15. The second kappa shape index (κ2) is 4.03. The van der Waals surface area contributed by atoms with E-state index in [1.807, 2.05) is 0 Å². The zero-order chi connectivity index (χ0) is 10.7. The molecule has 14 heavy (non-hydrogen) atoms. The molecule has 1 aromatic rings. The normalized spacial score (nSPS) is 9.14. The summed E-state index contributed by atoms with van der Waals surface area (Å²) in [6.07, 6.45) is 0.552. The van der Waals surface area contributed by atoms with E-state index in [9.17, 15) is 9.59 Å². The van der Waals surface area contributed by atoms with Crippen LogP contribution in [-0.2, 0) is 0 Å². The molecule has 0 heterocycles. The first kappa shape index (κ1) is 10.4. The molecule has 5 heteroatoms. The summed E-state index contributed by atoms with van der Waals surface area (Å²) in [5.74, 6) is -1.19. The summed E-state index contributed by atoms with van der Waals surface area (Å²) < 4.78 is 0.218. The van der Waals surface area contributed by atoms with Gasteiger partial charge in [-0.1, -0.05) is 0 Å². The molecule has 70 valence electrons. The van der Waals surface area contributed by atoms with Crippen LogP contribution in [0.4, 0.5) is 0 Å². The van der Waals surface area contributed by atoms with Gasteiger partial charge >= 0.3 is 5.97 Å². The van der Waals surface area contributed by atoms with E-state index in [4.69, 9.17) is 10.4 Å². The van der Waals surface area contributed by atoms with Crippen LogP contribution in [0.15, 0.2) is 16.6 Å². The number of nitrogens with zero attached hydrogens (tertiary/aromatic N) is 1. The fraction of sp³-hybridized carbons (Fsp3) is 0. The highest BCUT2D eigenvalue weighted by Crippen LogP contribution is 2.23. The Balaban J connectivity index is 3.53. The third kappa shape index (κ3) is 1.65. The standard InChI is InChI=1S/C9H4BrNO3/c10-8-5(4-12)1-2-6(9(13)14)7(8)3-11/h1-2,4H,(H,13,14). The fourth-order valence-electron chi connectivity index (χ4n) is 0.971. The molecule has 0 amide bonds. The van der Waals surface area contributed by atoms with E-state index >= 15 is 0 Å². The summed E-state index contributed by atoms with van der Waals surface area (Å²) in [4.78, 5) is 21.2. The predicted molar refractivity (Wildman–Crippen MR) is 51.2 cm³/mol. The van der Waals surface area contributed by atoms with Crippen LogP contribution in [0.2, 0.25) is 0 Å². The molecule has 1 aromatic carbocycles. The maximum atomic E-state index is 10.7. The molecule has 0 saturated heterocycles. The number of aldehydes is 1. The van der Waals surface area contributed by atoms with Gasteiger partial charge in [0.05, 0.1) is 11.1 Å². The Labute approximate surface area is 87.9 Å². The lowest BCUT2D eigenvalue weighted by Crippen LogP contribution is -2.02. The molecule has 0 radical (unpaired) electrons. The Morgan fingerprint density at radius 3 is 2.64 bits per heavy atom. The van der Waals surface area contributed by atoms with Crippen LogP contribution in [0.5, 0.6) is 0 Å². The number of nitriles is 1. The molecule has 1 rings (SSSR count). The number of benzene rings is 1. The molecule has 0 unspecified atom stereocenters. The van der Waals surface area contributed by atoms with Crippen molar-refractivity contribution in [2.45, 2.75) is 0 Å². The number of rotatable bonds is 2. The molecule has 0 fully saturated rings. The van der Waals surface area contributed by atoms with Crippen LogP contribution in [-0.4, -0.2) is 17.4 Å². The number of halogens is 1. The molecular weight excluding hydrogens is 250 g/mol. The van der Waals surface area contributed by atoms with Crippen LogP contribution in [0.25, 0.3) is 0 Å². The number of hydrogen-bond acceptors (Lipinski definition) is 3. The summed E-state index contributed by atoms with van der Waals surface area (Å²) in [6, 6.07) is 4.31. The fourth-order valence-corrected chi connectivity index (χ4v) is 1.50. The van der Waals surface area contributed by atoms with E-state index in [1.54, 1.807) is 6.07 Å². The summed E-state index contributed by atoms with van der Waals surface area (Å²) in [5.41, 5.74) is 0.0959. The van der Waals surface area contributed by atoms with Crippen LogP contribution in [0.3, 0.4) is 0 Å². The number of hydrogen-bond donors (Lipinski definition) is 1. The number of carbonyl (C=O) groups excluding carboxylic acids is 1. The smallest absolute Gasteiger partial charge is 0.337 e. The lowest BCUT2D eigenvalue weighted by molar-refractivity contribution is 0.0696. The van der Waals surface area contributed by atoms with Gasteiger partial charge in [0, 0.05) is 10.0 Å². The topological polar surface area (TPSA) is 78.2 Å². The molecule has 0 spiro atoms. The number of aromatic carboxylic acids is 1. The molecule has 0 aromatic heterocycles. The second-order valence-corrected chi connectivity index (χ2v) is 3.22. The van der Waals surface area contributed by atoms with Gasteiger partial charge in [-0.05, 0) is 28.1 Å². The summed E-state index contributed by atoms with van der Waals surface area (Å²) >= 11 is 3.00. The van der Waals surface area contributed by atoms with Gasteiger partial charge in [-0.2, -0.15) is 5.26 Å². The predicted octanol–water partition coefficient (Wildman–Crippen LogP) is 1.83. The minimum atomic E-state index is -1.19. The van der Waals surface area contributed by atoms with Crippen molar-refractivity contribution in [1.29, 1.82) is 5.26 Å². The monoisotopic (exact) mass is 253 g/mol. The molecule has 0 atom stereocenters. The van der Waals surface area contributed by atoms with Crippen molar-refractivity contribution in [3.05, 3.63) is 33.3 Å².